The minimum absolute atomic E-state index is 0.154. The van der Waals surface area contributed by atoms with Crippen molar-refractivity contribution in [2.24, 2.45) is 0 Å². The van der Waals surface area contributed by atoms with E-state index in [1.54, 1.807) is 0 Å². The van der Waals surface area contributed by atoms with Crippen molar-refractivity contribution in [2.45, 2.75) is 19.3 Å². The van der Waals surface area contributed by atoms with Gasteiger partial charge in [0.25, 0.3) is 0 Å². The van der Waals surface area contributed by atoms with Crippen LogP contribution in [-0.4, -0.2) is 15.0 Å². The second kappa shape index (κ2) is 9.66. The van der Waals surface area contributed by atoms with Gasteiger partial charge in [0.2, 0.25) is 0 Å². The molecule has 1 aliphatic carbocycles. The van der Waals surface area contributed by atoms with Crippen molar-refractivity contribution in [3.8, 4) is 56.4 Å². The lowest BCUT2D eigenvalue weighted by Gasteiger charge is -2.21. The van der Waals surface area contributed by atoms with Crippen molar-refractivity contribution in [2.75, 3.05) is 0 Å². The molecule has 0 aliphatic heterocycles. The smallest absolute Gasteiger partial charge is 0.195 e. The van der Waals surface area contributed by atoms with Gasteiger partial charge in [-0.15, -0.1) is 0 Å². The zero-order valence-electron chi connectivity index (χ0n) is 22.8. The van der Waals surface area contributed by atoms with Crippen LogP contribution in [0.25, 0.3) is 61.3 Å². The molecule has 4 nitrogen and oxygen atoms in total. The Morgan fingerprint density at radius 2 is 1.05 bits per heavy atom. The van der Waals surface area contributed by atoms with Gasteiger partial charge in [-0.05, 0) is 45.5 Å². The molecule has 5 aromatic carbocycles. The van der Waals surface area contributed by atoms with E-state index in [9.17, 15) is 0 Å². The summed E-state index contributed by atoms with van der Waals surface area (Å²) in [6, 6.07) is 41.1. The molecule has 1 aromatic heterocycles. The molecule has 0 bridgehead atoms. The fourth-order valence-electron chi connectivity index (χ4n) is 5.83. The first-order valence-corrected chi connectivity index (χ1v) is 13.7. The van der Waals surface area contributed by atoms with Crippen LogP contribution in [0.5, 0.6) is 0 Å². The quantitative estimate of drug-likeness (QED) is 0.215. The third-order valence-corrected chi connectivity index (χ3v) is 7.95. The van der Waals surface area contributed by atoms with Crippen molar-refractivity contribution in [1.29, 1.82) is 0 Å². The van der Waals surface area contributed by atoms with Crippen molar-refractivity contribution < 1.29 is 0 Å². The maximum Gasteiger partial charge on any atom is 0.195 e. The molecule has 6 aromatic rings. The Labute approximate surface area is 239 Å². The monoisotopic (exact) mass is 526 g/mol. The van der Waals surface area contributed by atoms with E-state index in [-0.39, 0.29) is 5.41 Å². The van der Waals surface area contributed by atoms with Crippen molar-refractivity contribution in [3.05, 3.63) is 144 Å². The summed E-state index contributed by atoms with van der Waals surface area (Å²) in [5.74, 6) is 1.91. The van der Waals surface area contributed by atoms with Gasteiger partial charge in [0.05, 0.1) is 6.57 Å². The molecule has 0 fully saturated rings. The number of rotatable bonds is 4. The molecule has 0 atom stereocenters. The highest BCUT2D eigenvalue weighted by atomic mass is 15.0. The first-order valence-electron chi connectivity index (χ1n) is 13.7. The third-order valence-electron chi connectivity index (χ3n) is 7.95. The predicted molar refractivity (Wildman–Crippen MR) is 165 cm³/mol. The van der Waals surface area contributed by atoms with E-state index in [4.69, 9.17) is 21.5 Å². The Morgan fingerprint density at radius 1 is 0.512 bits per heavy atom. The summed E-state index contributed by atoms with van der Waals surface area (Å²) in [5, 5.41) is 0. The first kappa shape index (κ1) is 24.6. The van der Waals surface area contributed by atoms with Gasteiger partial charge in [-0.2, -0.15) is 0 Å². The molecule has 1 heterocycles. The summed E-state index contributed by atoms with van der Waals surface area (Å²) in [5.41, 5.74) is 10.2. The van der Waals surface area contributed by atoms with Gasteiger partial charge in [0.15, 0.2) is 23.2 Å². The van der Waals surface area contributed by atoms with E-state index >= 15 is 0 Å². The maximum absolute atomic E-state index is 7.79. The van der Waals surface area contributed by atoms with Gasteiger partial charge in [-0.1, -0.05) is 123 Å². The molecule has 41 heavy (non-hydrogen) atoms. The minimum Gasteiger partial charge on any atom is -0.238 e. The fourth-order valence-corrected chi connectivity index (χ4v) is 5.83. The molecule has 0 saturated carbocycles. The van der Waals surface area contributed by atoms with E-state index in [1.807, 2.05) is 78.9 Å². The van der Waals surface area contributed by atoms with Gasteiger partial charge >= 0.3 is 0 Å². The van der Waals surface area contributed by atoms with E-state index < -0.39 is 0 Å². The van der Waals surface area contributed by atoms with E-state index in [0.29, 0.717) is 23.2 Å². The van der Waals surface area contributed by atoms with Crippen LogP contribution < -0.4 is 0 Å². The standard InChI is InChI=1S/C37H26N4/c1-37(2)30-21-20-27(23-29(30)33-31(37)18-11-19-32(33)38-3)26-16-10-17-28(22-26)36-40-34(24-12-6-4-7-13-24)39-35(41-36)25-14-8-5-9-15-25/h4-23H,1-2H3. The predicted octanol–water partition coefficient (Wildman–Crippen LogP) is 9.40. The van der Waals surface area contributed by atoms with Gasteiger partial charge in [-0.3, -0.25) is 0 Å². The highest BCUT2D eigenvalue weighted by molar-refractivity contribution is 5.92. The lowest BCUT2D eigenvalue weighted by atomic mass is 9.82. The van der Waals surface area contributed by atoms with Crippen LogP contribution in [0, 0.1) is 6.57 Å². The number of nitrogens with zero attached hydrogens (tertiary/aromatic N) is 4. The van der Waals surface area contributed by atoms with Gasteiger partial charge in [0.1, 0.15) is 0 Å². The Balaban J connectivity index is 1.36. The zero-order valence-corrected chi connectivity index (χ0v) is 22.8. The number of aromatic nitrogens is 3. The van der Waals surface area contributed by atoms with E-state index in [0.717, 1.165) is 38.9 Å². The summed E-state index contributed by atoms with van der Waals surface area (Å²) in [7, 11) is 0. The number of hydrogen-bond acceptors (Lipinski definition) is 3. The molecular weight excluding hydrogens is 500 g/mol. The maximum atomic E-state index is 7.79. The number of benzene rings is 5. The molecule has 0 saturated heterocycles. The highest BCUT2D eigenvalue weighted by Crippen LogP contribution is 2.53. The summed E-state index contributed by atoms with van der Waals surface area (Å²) in [6.07, 6.45) is 0. The molecule has 7 rings (SSSR count). The zero-order chi connectivity index (χ0) is 28.0. The van der Waals surface area contributed by atoms with E-state index in [2.05, 4.69) is 61.2 Å². The average Bonchev–Trinajstić information content (AvgIpc) is 3.27. The molecule has 0 spiro atoms. The van der Waals surface area contributed by atoms with Crippen molar-refractivity contribution in [3.63, 3.8) is 0 Å². The Morgan fingerprint density at radius 3 is 1.68 bits per heavy atom. The van der Waals surface area contributed by atoms with Gasteiger partial charge < -0.3 is 0 Å². The van der Waals surface area contributed by atoms with Crippen LogP contribution in [0.2, 0.25) is 0 Å². The van der Waals surface area contributed by atoms with E-state index in [1.165, 1.54) is 11.1 Å². The summed E-state index contributed by atoms with van der Waals surface area (Å²) >= 11 is 0. The van der Waals surface area contributed by atoms with Crippen LogP contribution in [0.4, 0.5) is 5.69 Å². The number of fused-ring (bicyclic) bond motifs is 3. The number of hydrogen-bond donors (Lipinski definition) is 0. The fraction of sp³-hybridized carbons (Fsp3) is 0.0811. The SMILES string of the molecule is [C-]#[N+]c1cccc2c1-c1cc(-c3cccc(-c4nc(-c5ccccc5)nc(-c5ccccc5)n4)c3)ccc1C2(C)C. The van der Waals surface area contributed by atoms with Crippen LogP contribution in [-0.2, 0) is 5.41 Å². The second-order valence-corrected chi connectivity index (χ2v) is 10.8. The Kier molecular flexibility index (Phi) is 5.80. The molecular formula is C37H26N4. The van der Waals surface area contributed by atoms with Crippen LogP contribution in [0.3, 0.4) is 0 Å². The summed E-state index contributed by atoms with van der Waals surface area (Å²) < 4.78 is 0. The van der Waals surface area contributed by atoms with Crippen molar-refractivity contribution in [1.82, 2.24) is 15.0 Å². The first-order chi connectivity index (χ1) is 20.0. The molecule has 0 unspecified atom stereocenters. The van der Waals surface area contributed by atoms with Gasteiger partial charge in [0, 0.05) is 22.1 Å². The highest BCUT2D eigenvalue weighted by Gasteiger charge is 2.36. The lowest BCUT2D eigenvalue weighted by molar-refractivity contribution is 0.660. The van der Waals surface area contributed by atoms with Crippen LogP contribution in [0.1, 0.15) is 25.0 Å². The Hall–Kier alpha value is -5.40. The molecule has 0 N–H and O–H groups in total. The molecule has 0 amide bonds. The second-order valence-electron chi connectivity index (χ2n) is 10.8. The summed E-state index contributed by atoms with van der Waals surface area (Å²) in [4.78, 5) is 18.5. The largest absolute Gasteiger partial charge is 0.238 e. The van der Waals surface area contributed by atoms with Crippen molar-refractivity contribution >= 4 is 5.69 Å². The molecule has 194 valence electrons. The third kappa shape index (κ3) is 4.20. The molecule has 4 heteroatoms. The van der Waals surface area contributed by atoms with Crippen LogP contribution in [0.15, 0.2) is 121 Å². The Bertz CT molecular complexity index is 1910. The lowest BCUT2D eigenvalue weighted by Crippen LogP contribution is -2.14. The van der Waals surface area contributed by atoms with Crippen LogP contribution >= 0.6 is 0 Å². The van der Waals surface area contributed by atoms with Gasteiger partial charge in [-0.25, -0.2) is 19.8 Å². The molecule has 1 aliphatic rings. The normalized spacial score (nSPS) is 12.8. The topological polar surface area (TPSA) is 43.0 Å². The minimum atomic E-state index is -0.154. The molecule has 0 radical (unpaired) electrons. The summed E-state index contributed by atoms with van der Waals surface area (Å²) in [6.45, 7) is 12.3. The average molecular weight is 527 g/mol.